The quantitative estimate of drug-likeness (QED) is 0.629. The van der Waals surface area contributed by atoms with E-state index in [4.69, 9.17) is 5.73 Å². The Hall–Kier alpha value is -3.36. The zero-order valence-corrected chi connectivity index (χ0v) is 18.5. The third-order valence-corrected chi connectivity index (χ3v) is 7.14. The highest BCUT2D eigenvalue weighted by Crippen LogP contribution is 2.38. The minimum absolute atomic E-state index is 0.0689. The number of benzene rings is 1. The van der Waals surface area contributed by atoms with E-state index < -0.39 is 6.04 Å². The summed E-state index contributed by atoms with van der Waals surface area (Å²) in [4.78, 5) is 31.6. The van der Waals surface area contributed by atoms with Gasteiger partial charge in [0.05, 0.1) is 24.2 Å². The summed E-state index contributed by atoms with van der Waals surface area (Å²) in [7, 11) is 0. The van der Waals surface area contributed by atoms with Crippen molar-refractivity contribution in [1.29, 1.82) is 5.26 Å². The van der Waals surface area contributed by atoms with E-state index in [1.807, 2.05) is 41.0 Å². The van der Waals surface area contributed by atoms with Gasteiger partial charge in [0.1, 0.15) is 6.04 Å². The molecule has 0 saturated carbocycles. The lowest BCUT2D eigenvalue weighted by molar-refractivity contribution is -0.140. The molecule has 2 bridgehead atoms. The minimum atomic E-state index is -0.733. The highest BCUT2D eigenvalue weighted by atomic mass is 16.2. The van der Waals surface area contributed by atoms with Crippen LogP contribution in [0.2, 0.25) is 0 Å². The van der Waals surface area contributed by atoms with Gasteiger partial charge in [0.15, 0.2) is 0 Å². The molecule has 3 N–H and O–H groups in total. The topological polar surface area (TPSA) is 148 Å². The van der Waals surface area contributed by atoms with Gasteiger partial charge in [0, 0.05) is 31.2 Å². The van der Waals surface area contributed by atoms with Gasteiger partial charge in [-0.15, -0.1) is 10.2 Å². The van der Waals surface area contributed by atoms with E-state index in [-0.39, 0.29) is 36.0 Å². The molecule has 0 radical (unpaired) electrons. The molecule has 33 heavy (non-hydrogen) atoms. The Labute approximate surface area is 191 Å². The van der Waals surface area contributed by atoms with Crippen LogP contribution in [-0.2, 0) is 9.59 Å². The highest BCUT2D eigenvalue weighted by molar-refractivity contribution is 5.87. The Balaban J connectivity index is 1.24. The first-order valence-corrected chi connectivity index (χ1v) is 11.3. The van der Waals surface area contributed by atoms with E-state index in [1.165, 1.54) is 0 Å². The molecule has 3 aliphatic heterocycles. The van der Waals surface area contributed by atoms with Crippen LogP contribution in [0, 0.1) is 11.3 Å². The predicted molar refractivity (Wildman–Crippen MR) is 117 cm³/mol. The number of nitrogens with one attached hydrogen (secondary N) is 1. The maximum Gasteiger partial charge on any atom is 0.241 e. The Kier molecular flexibility index (Phi) is 5.55. The summed E-state index contributed by atoms with van der Waals surface area (Å²) >= 11 is 0. The third kappa shape index (κ3) is 3.75. The Morgan fingerprint density at radius 3 is 3.00 bits per heavy atom. The minimum Gasteiger partial charge on any atom is -0.330 e. The Morgan fingerprint density at radius 2 is 2.27 bits per heavy atom. The zero-order valence-electron chi connectivity index (χ0n) is 18.5. The van der Waals surface area contributed by atoms with Crippen LogP contribution >= 0.6 is 0 Å². The fourth-order valence-electron chi connectivity index (χ4n) is 5.49. The molecular formula is C22H27N9O2. The second kappa shape index (κ2) is 8.53. The monoisotopic (exact) mass is 449 g/mol. The van der Waals surface area contributed by atoms with Crippen molar-refractivity contribution >= 4 is 11.8 Å². The molecule has 0 spiro atoms. The average molecular weight is 450 g/mol. The molecule has 2 aromatic rings. The molecule has 5 rings (SSSR count). The molecule has 11 heteroatoms. The van der Waals surface area contributed by atoms with Crippen molar-refractivity contribution in [1.82, 2.24) is 35.3 Å². The number of hydrogen-bond acceptors (Lipinski definition) is 8. The van der Waals surface area contributed by atoms with Crippen molar-refractivity contribution < 1.29 is 9.59 Å². The van der Waals surface area contributed by atoms with E-state index >= 15 is 0 Å². The molecule has 172 valence electrons. The van der Waals surface area contributed by atoms with Gasteiger partial charge in [-0.05, 0) is 43.0 Å². The highest BCUT2D eigenvalue weighted by Gasteiger charge is 2.51. The van der Waals surface area contributed by atoms with E-state index in [0.29, 0.717) is 31.9 Å². The average Bonchev–Trinajstić information content (AvgIpc) is 3.62. The number of likely N-dealkylation sites (tertiary alicyclic amines) is 3. The van der Waals surface area contributed by atoms with Gasteiger partial charge in [0.25, 0.3) is 0 Å². The van der Waals surface area contributed by atoms with Gasteiger partial charge in [-0.3, -0.25) is 14.5 Å². The Morgan fingerprint density at radius 1 is 1.42 bits per heavy atom. The van der Waals surface area contributed by atoms with Gasteiger partial charge in [-0.1, -0.05) is 18.2 Å². The second-order valence-electron chi connectivity index (χ2n) is 9.07. The summed E-state index contributed by atoms with van der Waals surface area (Å²) in [5.74, 6) is 0.386. The van der Waals surface area contributed by atoms with E-state index in [0.717, 1.165) is 24.0 Å². The number of fused-ring (bicyclic) bond motifs is 2. The molecule has 4 heterocycles. The van der Waals surface area contributed by atoms with Crippen molar-refractivity contribution in [3.05, 3.63) is 29.8 Å². The molecular weight excluding hydrogens is 422 g/mol. The van der Waals surface area contributed by atoms with Crippen LogP contribution in [0.15, 0.2) is 24.3 Å². The van der Waals surface area contributed by atoms with Crippen molar-refractivity contribution in [3.8, 4) is 17.5 Å². The molecule has 2 amide bonds. The number of nitrogens with two attached hydrogens (primary N) is 1. The smallest absolute Gasteiger partial charge is 0.241 e. The summed E-state index contributed by atoms with van der Waals surface area (Å²) in [5, 5.41) is 23.4. The number of aromatic amines is 1. The van der Waals surface area contributed by atoms with Crippen molar-refractivity contribution in [3.63, 3.8) is 0 Å². The molecule has 1 aromatic heterocycles. The lowest BCUT2D eigenvalue weighted by atomic mass is 10.0. The van der Waals surface area contributed by atoms with Crippen molar-refractivity contribution in [2.24, 2.45) is 5.73 Å². The van der Waals surface area contributed by atoms with Crippen molar-refractivity contribution in [2.75, 3.05) is 19.6 Å². The van der Waals surface area contributed by atoms with Crippen molar-refractivity contribution in [2.45, 2.75) is 56.4 Å². The van der Waals surface area contributed by atoms with Crippen LogP contribution in [0.4, 0.5) is 0 Å². The normalized spacial score (nSPS) is 26.6. The fourth-order valence-corrected chi connectivity index (χ4v) is 5.49. The molecule has 1 aromatic carbocycles. The van der Waals surface area contributed by atoms with Crippen LogP contribution in [-0.4, -0.2) is 90.9 Å². The number of tetrazole rings is 1. The van der Waals surface area contributed by atoms with Crippen LogP contribution < -0.4 is 5.73 Å². The number of H-pyrrole nitrogens is 1. The first-order chi connectivity index (χ1) is 16.0. The number of hydrogen-bond donors (Lipinski definition) is 2. The maximum atomic E-state index is 13.3. The number of nitriles is 1. The van der Waals surface area contributed by atoms with Crippen LogP contribution in [0.5, 0.6) is 0 Å². The third-order valence-electron chi connectivity index (χ3n) is 7.14. The van der Waals surface area contributed by atoms with Gasteiger partial charge >= 0.3 is 0 Å². The maximum absolute atomic E-state index is 13.3. The summed E-state index contributed by atoms with van der Waals surface area (Å²) in [6.45, 7) is 3.62. The fraction of sp³-hybridized carbons (Fsp3) is 0.545. The lowest BCUT2D eigenvalue weighted by Crippen LogP contribution is -2.56. The first kappa shape index (κ1) is 21.5. The van der Waals surface area contributed by atoms with Crippen LogP contribution in [0.3, 0.4) is 0 Å². The molecule has 3 saturated heterocycles. The number of nitrogens with zero attached hydrogens (tertiary/aromatic N) is 7. The molecule has 0 aliphatic carbocycles. The molecule has 3 aliphatic rings. The summed E-state index contributed by atoms with van der Waals surface area (Å²) in [6, 6.07) is 8.61. The lowest BCUT2D eigenvalue weighted by Gasteiger charge is -2.38. The second-order valence-corrected chi connectivity index (χ2v) is 9.07. The largest absolute Gasteiger partial charge is 0.330 e. The molecule has 11 nitrogen and oxygen atoms in total. The number of piperazine rings is 1. The number of rotatable bonds is 6. The zero-order chi connectivity index (χ0) is 23.1. The van der Waals surface area contributed by atoms with Crippen LogP contribution in [0.1, 0.15) is 37.8 Å². The van der Waals surface area contributed by atoms with Gasteiger partial charge in [-0.25, -0.2) is 0 Å². The standard InChI is InChI=1S/C22H27N9O2/c1-13(14-4-2-5-15(8-14)20-25-27-28-26-20)31-17-9-19(22(31)33)29(11-17)12-18(24)21(32)30-7-3-6-16(30)10-23/h2,4-5,8,13,16-19H,3,6-7,9,11-12,24H2,1H3,(H,25,26,27,28)/t13-,16-,17?,18-,19-/m0/s1. The van der Waals surface area contributed by atoms with Gasteiger partial charge in [-0.2, -0.15) is 10.5 Å². The number of carbonyl (C=O) groups excluding carboxylic acids is 2. The first-order valence-electron chi connectivity index (χ1n) is 11.3. The van der Waals surface area contributed by atoms with E-state index in [9.17, 15) is 14.9 Å². The molecule has 1 unspecified atom stereocenters. The predicted octanol–water partition coefficient (Wildman–Crippen LogP) is 0.0547. The summed E-state index contributed by atoms with van der Waals surface area (Å²) in [6.07, 6.45) is 2.26. The molecule has 5 atom stereocenters. The Bertz CT molecular complexity index is 1080. The summed E-state index contributed by atoms with van der Waals surface area (Å²) < 4.78 is 0. The molecule has 3 fully saturated rings. The number of aromatic nitrogens is 4. The SMILES string of the molecule is C[C@@H](c1cccc(-c2nn[nH]n2)c1)N1C(=O)[C@@H]2CC1CN2C[C@H](N)C(=O)N1CCC[C@H]1C#N. The van der Waals surface area contributed by atoms with Gasteiger partial charge < -0.3 is 15.5 Å². The number of amides is 2. The summed E-state index contributed by atoms with van der Waals surface area (Å²) in [5.41, 5.74) is 8.08. The number of carbonyl (C=O) groups is 2. The van der Waals surface area contributed by atoms with E-state index in [2.05, 4.69) is 26.7 Å². The van der Waals surface area contributed by atoms with E-state index in [1.54, 1.807) is 4.90 Å². The van der Waals surface area contributed by atoms with Crippen LogP contribution in [0.25, 0.3) is 11.4 Å². The van der Waals surface area contributed by atoms with Gasteiger partial charge in [0.2, 0.25) is 17.6 Å².